The van der Waals surface area contributed by atoms with Gasteiger partial charge in [0.25, 0.3) is 0 Å². The number of hydrogen-bond acceptors (Lipinski definition) is 4. The van der Waals surface area contributed by atoms with E-state index in [1.807, 2.05) is 0 Å². The second-order valence-corrected chi connectivity index (χ2v) is 5.22. The van der Waals surface area contributed by atoms with E-state index < -0.39 is 0 Å². The van der Waals surface area contributed by atoms with Crippen molar-refractivity contribution in [2.75, 3.05) is 47.1 Å². The molecule has 0 bridgehead atoms. The van der Waals surface area contributed by atoms with E-state index in [1.54, 1.807) is 14.2 Å². The third-order valence-electron chi connectivity index (χ3n) is 4.06. The van der Waals surface area contributed by atoms with E-state index in [0.717, 1.165) is 32.8 Å². The number of hydrogen-bond donors (Lipinski definition) is 1. The topological polar surface area (TPSA) is 47.7 Å². The highest BCUT2D eigenvalue weighted by atomic mass is 16.5. The van der Waals surface area contributed by atoms with E-state index in [1.165, 1.54) is 32.1 Å². The van der Waals surface area contributed by atoms with E-state index in [4.69, 9.17) is 15.2 Å². The van der Waals surface area contributed by atoms with Gasteiger partial charge in [-0.25, -0.2) is 0 Å². The number of methoxy groups -OCH3 is 2. The molecule has 18 heavy (non-hydrogen) atoms. The predicted octanol–water partition coefficient (Wildman–Crippen LogP) is 1.49. The van der Waals surface area contributed by atoms with Crippen molar-refractivity contribution in [2.45, 2.75) is 38.1 Å². The van der Waals surface area contributed by atoms with Crippen molar-refractivity contribution < 1.29 is 9.47 Å². The molecule has 108 valence electrons. The lowest BCUT2D eigenvalue weighted by Gasteiger charge is -2.35. The Morgan fingerprint density at radius 2 is 1.61 bits per heavy atom. The molecule has 1 rings (SSSR count). The zero-order chi connectivity index (χ0) is 13.2. The van der Waals surface area contributed by atoms with E-state index in [0.29, 0.717) is 12.0 Å². The second kappa shape index (κ2) is 9.73. The normalized spacial score (nSPS) is 25.3. The summed E-state index contributed by atoms with van der Waals surface area (Å²) in [6, 6.07) is 0.614. The molecule has 2 unspecified atom stereocenters. The average molecular weight is 258 g/mol. The van der Waals surface area contributed by atoms with Crippen molar-refractivity contribution in [3.05, 3.63) is 0 Å². The first-order chi connectivity index (χ1) is 8.83. The standard InChI is InChI=1S/C14H30N2O2/c1-17-10-8-16(9-11-18-2)14-7-5-3-4-6-13(14)12-15/h13-14H,3-12,15H2,1-2H3. The van der Waals surface area contributed by atoms with Gasteiger partial charge in [-0.3, -0.25) is 4.90 Å². The lowest BCUT2D eigenvalue weighted by Crippen LogP contribution is -2.45. The first-order valence-electron chi connectivity index (χ1n) is 7.25. The minimum absolute atomic E-state index is 0.614. The van der Waals surface area contributed by atoms with Gasteiger partial charge < -0.3 is 15.2 Å². The zero-order valence-corrected chi connectivity index (χ0v) is 12.1. The summed E-state index contributed by atoms with van der Waals surface area (Å²) in [5.74, 6) is 0.640. The van der Waals surface area contributed by atoms with Crippen molar-refractivity contribution in [1.29, 1.82) is 0 Å². The fraction of sp³-hybridized carbons (Fsp3) is 1.00. The van der Waals surface area contributed by atoms with Crippen LogP contribution in [0.2, 0.25) is 0 Å². The van der Waals surface area contributed by atoms with Crippen molar-refractivity contribution in [3.8, 4) is 0 Å². The monoisotopic (exact) mass is 258 g/mol. The van der Waals surface area contributed by atoms with Crippen molar-refractivity contribution in [1.82, 2.24) is 4.90 Å². The van der Waals surface area contributed by atoms with Crippen LogP contribution in [0.4, 0.5) is 0 Å². The second-order valence-electron chi connectivity index (χ2n) is 5.22. The third-order valence-corrected chi connectivity index (χ3v) is 4.06. The summed E-state index contributed by atoms with van der Waals surface area (Å²) >= 11 is 0. The molecule has 0 saturated heterocycles. The molecule has 0 aromatic heterocycles. The summed E-state index contributed by atoms with van der Waals surface area (Å²) in [5.41, 5.74) is 5.97. The summed E-state index contributed by atoms with van der Waals surface area (Å²) in [6.45, 7) is 4.36. The predicted molar refractivity (Wildman–Crippen MR) is 74.7 cm³/mol. The molecule has 2 N–H and O–H groups in total. The first-order valence-corrected chi connectivity index (χ1v) is 7.25. The summed E-state index contributed by atoms with van der Waals surface area (Å²) in [6.07, 6.45) is 6.57. The molecule has 1 fully saturated rings. The van der Waals surface area contributed by atoms with Gasteiger partial charge in [0.1, 0.15) is 0 Å². The molecule has 0 aliphatic heterocycles. The maximum atomic E-state index is 5.97. The molecule has 1 saturated carbocycles. The highest BCUT2D eigenvalue weighted by Gasteiger charge is 2.27. The Balaban J connectivity index is 2.59. The first kappa shape index (κ1) is 15.9. The van der Waals surface area contributed by atoms with Crippen molar-refractivity contribution >= 4 is 0 Å². The lowest BCUT2D eigenvalue weighted by molar-refractivity contribution is 0.0640. The molecule has 0 aromatic rings. The van der Waals surface area contributed by atoms with E-state index in [9.17, 15) is 0 Å². The van der Waals surface area contributed by atoms with E-state index >= 15 is 0 Å². The van der Waals surface area contributed by atoms with Gasteiger partial charge in [-0.2, -0.15) is 0 Å². The van der Waals surface area contributed by atoms with Gasteiger partial charge in [0.05, 0.1) is 13.2 Å². The lowest BCUT2D eigenvalue weighted by atomic mass is 9.93. The van der Waals surface area contributed by atoms with Gasteiger partial charge in [-0.15, -0.1) is 0 Å². The molecule has 1 aliphatic rings. The fourth-order valence-electron chi connectivity index (χ4n) is 2.98. The quantitative estimate of drug-likeness (QED) is 0.670. The van der Waals surface area contributed by atoms with Crippen LogP contribution in [-0.4, -0.2) is 58.0 Å². The van der Waals surface area contributed by atoms with Crippen LogP contribution >= 0.6 is 0 Å². The van der Waals surface area contributed by atoms with Gasteiger partial charge in [0.2, 0.25) is 0 Å². The third kappa shape index (κ3) is 5.22. The Kier molecular flexibility index (Phi) is 8.59. The van der Waals surface area contributed by atoms with Crippen LogP contribution in [-0.2, 0) is 9.47 Å². The van der Waals surface area contributed by atoms with Gasteiger partial charge in [-0.05, 0) is 25.3 Å². The number of nitrogens with two attached hydrogens (primary N) is 1. The van der Waals surface area contributed by atoms with Gasteiger partial charge in [-0.1, -0.05) is 19.3 Å². The molecule has 0 amide bonds. The van der Waals surface area contributed by atoms with E-state index in [-0.39, 0.29) is 0 Å². The van der Waals surface area contributed by atoms with Gasteiger partial charge in [0.15, 0.2) is 0 Å². The summed E-state index contributed by atoms with van der Waals surface area (Å²) < 4.78 is 10.5. The molecule has 0 radical (unpaired) electrons. The van der Waals surface area contributed by atoms with Crippen LogP contribution < -0.4 is 5.73 Å². The molecule has 1 aliphatic carbocycles. The summed E-state index contributed by atoms with van der Waals surface area (Å²) in [5, 5.41) is 0. The number of rotatable bonds is 8. The molecule has 0 heterocycles. The highest BCUT2D eigenvalue weighted by Crippen LogP contribution is 2.26. The highest BCUT2D eigenvalue weighted by molar-refractivity contribution is 4.82. The minimum Gasteiger partial charge on any atom is -0.383 e. The molecular formula is C14H30N2O2. The minimum atomic E-state index is 0.614. The number of ether oxygens (including phenoxy) is 2. The van der Waals surface area contributed by atoms with Gasteiger partial charge in [0, 0.05) is 33.4 Å². The SMILES string of the molecule is COCCN(CCOC)C1CCCCCC1CN. The Morgan fingerprint density at radius 3 is 2.17 bits per heavy atom. The maximum Gasteiger partial charge on any atom is 0.0589 e. The Hall–Kier alpha value is -0.160. The zero-order valence-electron chi connectivity index (χ0n) is 12.1. The largest absolute Gasteiger partial charge is 0.383 e. The van der Waals surface area contributed by atoms with Crippen LogP contribution in [0, 0.1) is 5.92 Å². The Bertz CT molecular complexity index is 194. The molecule has 0 spiro atoms. The molecule has 4 heteroatoms. The fourth-order valence-corrected chi connectivity index (χ4v) is 2.98. The average Bonchev–Trinajstić information content (AvgIpc) is 2.64. The molecular weight excluding hydrogens is 228 g/mol. The molecule has 4 nitrogen and oxygen atoms in total. The molecule has 2 atom stereocenters. The maximum absolute atomic E-state index is 5.97. The summed E-state index contributed by atoms with van der Waals surface area (Å²) in [4.78, 5) is 2.52. The van der Waals surface area contributed by atoms with Crippen LogP contribution in [0.1, 0.15) is 32.1 Å². The molecule has 0 aromatic carbocycles. The van der Waals surface area contributed by atoms with Crippen LogP contribution in [0.5, 0.6) is 0 Å². The van der Waals surface area contributed by atoms with Crippen molar-refractivity contribution in [2.24, 2.45) is 11.7 Å². The smallest absolute Gasteiger partial charge is 0.0589 e. The van der Waals surface area contributed by atoms with Crippen molar-refractivity contribution in [3.63, 3.8) is 0 Å². The Labute approximate surface area is 112 Å². The Morgan fingerprint density at radius 1 is 1.00 bits per heavy atom. The van der Waals surface area contributed by atoms with Crippen LogP contribution in [0.3, 0.4) is 0 Å². The van der Waals surface area contributed by atoms with Gasteiger partial charge >= 0.3 is 0 Å². The summed E-state index contributed by atoms with van der Waals surface area (Å²) in [7, 11) is 3.53. The number of nitrogens with zero attached hydrogens (tertiary/aromatic N) is 1. The van der Waals surface area contributed by atoms with Crippen LogP contribution in [0.25, 0.3) is 0 Å². The van der Waals surface area contributed by atoms with E-state index in [2.05, 4.69) is 4.90 Å². The van der Waals surface area contributed by atoms with Crippen LogP contribution in [0.15, 0.2) is 0 Å².